The third-order valence-electron chi connectivity index (χ3n) is 4.45. The number of nitrogens with one attached hydrogen (secondary N) is 1. The highest BCUT2D eigenvalue weighted by molar-refractivity contribution is 5.37. The number of hydrogen-bond donors (Lipinski definition) is 1. The third kappa shape index (κ3) is 2.48. The van der Waals surface area contributed by atoms with E-state index >= 15 is 0 Å². The average molecular weight is 266 g/mol. The molecular formula is C18H22N2. The Hall–Kier alpha value is -1.67. The van der Waals surface area contributed by atoms with E-state index in [-0.39, 0.29) is 0 Å². The minimum Gasteiger partial charge on any atom is -0.312 e. The molecule has 0 saturated heterocycles. The van der Waals surface area contributed by atoms with Crippen molar-refractivity contribution in [2.24, 2.45) is 0 Å². The van der Waals surface area contributed by atoms with Crippen molar-refractivity contribution in [2.45, 2.75) is 38.1 Å². The van der Waals surface area contributed by atoms with Crippen LogP contribution in [0.3, 0.4) is 0 Å². The Morgan fingerprint density at radius 2 is 1.95 bits per heavy atom. The van der Waals surface area contributed by atoms with Crippen LogP contribution in [0, 0.1) is 0 Å². The number of pyridine rings is 1. The van der Waals surface area contributed by atoms with Gasteiger partial charge in [0.05, 0.1) is 0 Å². The van der Waals surface area contributed by atoms with E-state index in [1.807, 2.05) is 19.3 Å². The molecule has 20 heavy (non-hydrogen) atoms. The molecule has 0 fully saturated rings. The van der Waals surface area contributed by atoms with Crippen molar-refractivity contribution in [2.75, 3.05) is 7.05 Å². The van der Waals surface area contributed by atoms with Crippen molar-refractivity contribution in [3.8, 4) is 0 Å². The summed E-state index contributed by atoms with van der Waals surface area (Å²) in [5.74, 6) is 0.362. The van der Waals surface area contributed by atoms with Crippen LogP contribution in [-0.4, -0.2) is 12.0 Å². The second-order valence-corrected chi connectivity index (χ2v) is 5.69. The van der Waals surface area contributed by atoms with E-state index in [0.717, 1.165) is 5.69 Å². The van der Waals surface area contributed by atoms with Crippen molar-refractivity contribution < 1.29 is 0 Å². The van der Waals surface area contributed by atoms with Gasteiger partial charge in [0.25, 0.3) is 0 Å². The van der Waals surface area contributed by atoms with Crippen LogP contribution >= 0.6 is 0 Å². The van der Waals surface area contributed by atoms with Gasteiger partial charge in [-0.1, -0.05) is 31.2 Å². The third-order valence-corrected chi connectivity index (χ3v) is 4.45. The molecule has 2 atom stereocenters. The number of fused-ring (bicyclic) bond motifs is 1. The fourth-order valence-electron chi connectivity index (χ4n) is 3.31. The van der Waals surface area contributed by atoms with Gasteiger partial charge in [-0.05, 0) is 55.1 Å². The van der Waals surface area contributed by atoms with Crippen molar-refractivity contribution in [3.05, 3.63) is 65.0 Å². The molecule has 0 radical (unpaired) electrons. The largest absolute Gasteiger partial charge is 0.312 e. The monoisotopic (exact) mass is 266 g/mol. The molecule has 0 aliphatic heterocycles. The molecule has 2 heteroatoms. The molecule has 1 aromatic carbocycles. The highest BCUT2D eigenvalue weighted by Gasteiger charge is 2.21. The minimum absolute atomic E-state index is 0.316. The SMILES string of the molecule is CNC(c1ccc2c(c1)CCC2)C(C)c1ccccn1. The van der Waals surface area contributed by atoms with E-state index in [1.165, 1.54) is 36.0 Å². The van der Waals surface area contributed by atoms with Crippen molar-refractivity contribution in [3.63, 3.8) is 0 Å². The fourth-order valence-corrected chi connectivity index (χ4v) is 3.31. The Bertz CT molecular complexity index is 577. The van der Waals surface area contributed by atoms with Gasteiger partial charge in [-0.15, -0.1) is 0 Å². The first kappa shape index (κ1) is 13.3. The summed E-state index contributed by atoms with van der Waals surface area (Å²) in [7, 11) is 2.04. The first-order valence-electron chi connectivity index (χ1n) is 7.49. The van der Waals surface area contributed by atoms with E-state index in [9.17, 15) is 0 Å². The molecular weight excluding hydrogens is 244 g/mol. The lowest BCUT2D eigenvalue weighted by Crippen LogP contribution is -2.23. The van der Waals surface area contributed by atoms with Crippen molar-refractivity contribution >= 4 is 0 Å². The number of benzene rings is 1. The van der Waals surface area contributed by atoms with Gasteiger partial charge in [-0.25, -0.2) is 0 Å². The summed E-state index contributed by atoms with van der Waals surface area (Å²) < 4.78 is 0. The predicted octanol–water partition coefficient (Wildman–Crippen LogP) is 3.63. The highest BCUT2D eigenvalue weighted by atomic mass is 14.9. The van der Waals surface area contributed by atoms with E-state index in [2.05, 4.69) is 47.6 Å². The van der Waals surface area contributed by atoms with Crippen LogP contribution in [0.25, 0.3) is 0 Å². The van der Waals surface area contributed by atoms with Gasteiger partial charge in [-0.3, -0.25) is 4.98 Å². The number of aromatic nitrogens is 1. The van der Waals surface area contributed by atoms with E-state index < -0.39 is 0 Å². The molecule has 2 aromatic rings. The average Bonchev–Trinajstić information content (AvgIpc) is 2.96. The summed E-state index contributed by atoms with van der Waals surface area (Å²) in [6.07, 6.45) is 5.66. The molecule has 2 nitrogen and oxygen atoms in total. The maximum absolute atomic E-state index is 4.51. The standard InChI is InChI=1S/C18H22N2/c1-13(17-8-3-4-11-20-17)18(19-2)16-10-9-14-6-5-7-15(14)12-16/h3-4,8-13,18-19H,5-7H2,1-2H3. The summed E-state index contributed by atoms with van der Waals surface area (Å²) >= 11 is 0. The lowest BCUT2D eigenvalue weighted by atomic mass is 9.90. The number of nitrogens with zero attached hydrogens (tertiary/aromatic N) is 1. The number of likely N-dealkylation sites (N-methyl/N-ethyl adjacent to an activating group) is 1. The van der Waals surface area contributed by atoms with Gasteiger partial charge in [0.2, 0.25) is 0 Å². The maximum atomic E-state index is 4.51. The molecule has 104 valence electrons. The second-order valence-electron chi connectivity index (χ2n) is 5.69. The Morgan fingerprint density at radius 1 is 1.10 bits per heavy atom. The van der Waals surface area contributed by atoms with Gasteiger partial charge in [0.15, 0.2) is 0 Å². The van der Waals surface area contributed by atoms with Crippen molar-refractivity contribution in [1.29, 1.82) is 0 Å². The summed E-state index contributed by atoms with van der Waals surface area (Å²) in [6.45, 7) is 2.25. The number of rotatable bonds is 4. The molecule has 1 N–H and O–H groups in total. The summed E-state index contributed by atoms with van der Waals surface area (Å²) in [5.41, 5.74) is 5.60. The molecule has 1 aliphatic carbocycles. The predicted molar refractivity (Wildman–Crippen MR) is 82.9 cm³/mol. The minimum atomic E-state index is 0.316. The van der Waals surface area contributed by atoms with Gasteiger partial charge in [0.1, 0.15) is 0 Å². The number of hydrogen-bond acceptors (Lipinski definition) is 2. The van der Waals surface area contributed by atoms with E-state index in [0.29, 0.717) is 12.0 Å². The topological polar surface area (TPSA) is 24.9 Å². The van der Waals surface area contributed by atoms with Gasteiger partial charge in [-0.2, -0.15) is 0 Å². The zero-order valence-electron chi connectivity index (χ0n) is 12.3. The Morgan fingerprint density at radius 3 is 2.70 bits per heavy atom. The molecule has 2 unspecified atom stereocenters. The van der Waals surface area contributed by atoms with Gasteiger partial charge >= 0.3 is 0 Å². The number of aryl methyl sites for hydroxylation is 2. The van der Waals surface area contributed by atoms with Crippen LogP contribution in [0.2, 0.25) is 0 Å². The van der Waals surface area contributed by atoms with Crippen LogP contribution < -0.4 is 5.32 Å². The first-order valence-corrected chi connectivity index (χ1v) is 7.49. The zero-order valence-corrected chi connectivity index (χ0v) is 12.3. The molecule has 0 amide bonds. The maximum Gasteiger partial charge on any atom is 0.0450 e. The Kier molecular flexibility index (Phi) is 3.83. The zero-order chi connectivity index (χ0) is 13.9. The molecule has 0 spiro atoms. The van der Waals surface area contributed by atoms with Gasteiger partial charge < -0.3 is 5.32 Å². The first-order chi connectivity index (χ1) is 9.79. The lowest BCUT2D eigenvalue weighted by molar-refractivity contribution is 0.499. The smallest absolute Gasteiger partial charge is 0.0450 e. The van der Waals surface area contributed by atoms with Crippen LogP contribution in [-0.2, 0) is 12.8 Å². The normalized spacial score (nSPS) is 16.7. The van der Waals surface area contributed by atoms with Crippen LogP contribution in [0.1, 0.15) is 47.7 Å². The lowest BCUT2D eigenvalue weighted by Gasteiger charge is -2.24. The van der Waals surface area contributed by atoms with E-state index in [1.54, 1.807) is 0 Å². The highest BCUT2D eigenvalue weighted by Crippen LogP contribution is 2.32. The molecule has 1 aromatic heterocycles. The Balaban J connectivity index is 1.90. The second kappa shape index (κ2) is 5.76. The van der Waals surface area contributed by atoms with Gasteiger partial charge in [0, 0.05) is 23.9 Å². The summed E-state index contributed by atoms with van der Waals surface area (Å²) in [4.78, 5) is 4.51. The molecule has 1 heterocycles. The molecule has 0 saturated carbocycles. The summed E-state index contributed by atoms with van der Waals surface area (Å²) in [6, 6.07) is 13.5. The Labute approximate surface area is 121 Å². The summed E-state index contributed by atoms with van der Waals surface area (Å²) in [5, 5.41) is 3.47. The quantitative estimate of drug-likeness (QED) is 0.914. The van der Waals surface area contributed by atoms with Crippen LogP contribution in [0.15, 0.2) is 42.6 Å². The van der Waals surface area contributed by atoms with E-state index in [4.69, 9.17) is 0 Å². The molecule has 1 aliphatic rings. The molecule has 0 bridgehead atoms. The van der Waals surface area contributed by atoms with Crippen LogP contribution in [0.5, 0.6) is 0 Å². The van der Waals surface area contributed by atoms with Crippen molar-refractivity contribution in [1.82, 2.24) is 10.3 Å². The molecule has 3 rings (SSSR count). The fraction of sp³-hybridized carbons (Fsp3) is 0.389. The van der Waals surface area contributed by atoms with Crippen LogP contribution in [0.4, 0.5) is 0 Å².